The number of carbonyl (C=O) groups excluding carboxylic acids is 1. The molecular formula is C17H25N3OS. The Kier molecular flexibility index (Phi) is 4.64. The van der Waals surface area contributed by atoms with E-state index in [0.29, 0.717) is 24.3 Å². The molecule has 2 fully saturated rings. The standard InChI is InChI=1S/C17H25N3OS/c1-3-8-20-12-17(5-4-16(20)21)6-9-19(10-7-17)11-15-14(2)18-13-22-15/h3,13H,1,4-12H2,2H3. The molecule has 1 aromatic heterocycles. The number of aryl methyl sites for hydroxylation is 1. The van der Waals surface area contributed by atoms with Crippen LogP contribution in [0.2, 0.25) is 0 Å². The first-order valence-electron chi connectivity index (χ1n) is 8.12. The Morgan fingerprint density at radius 1 is 1.41 bits per heavy atom. The van der Waals surface area contributed by atoms with Crippen molar-refractivity contribution in [1.82, 2.24) is 14.8 Å². The van der Waals surface area contributed by atoms with Crippen molar-refractivity contribution < 1.29 is 4.79 Å². The predicted molar refractivity (Wildman–Crippen MR) is 89.8 cm³/mol. The highest BCUT2D eigenvalue weighted by Crippen LogP contribution is 2.40. The first-order valence-corrected chi connectivity index (χ1v) is 9.00. The quantitative estimate of drug-likeness (QED) is 0.801. The molecule has 1 spiro atoms. The Labute approximate surface area is 136 Å². The third-order valence-electron chi connectivity index (χ3n) is 5.23. The number of carbonyl (C=O) groups is 1. The number of piperidine rings is 2. The average molecular weight is 319 g/mol. The van der Waals surface area contributed by atoms with Crippen LogP contribution in [0.1, 0.15) is 36.3 Å². The summed E-state index contributed by atoms with van der Waals surface area (Å²) in [6, 6.07) is 0. The number of nitrogens with zero attached hydrogens (tertiary/aromatic N) is 3. The Balaban J connectivity index is 1.57. The van der Waals surface area contributed by atoms with E-state index in [1.807, 2.05) is 16.5 Å². The average Bonchev–Trinajstić information content (AvgIpc) is 2.91. The van der Waals surface area contributed by atoms with E-state index >= 15 is 0 Å². The summed E-state index contributed by atoms with van der Waals surface area (Å²) >= 11 is 1.76. The molecule has 0 saturated carbocycles. The lowest BCUT2D eigenvalue weighted by atomic mass is 9.72. The molecule has 0 bridgehead atoms. The molecule has 2 saturated heterocycles. The van der Waals surface area contributed by atoms with Crippen LogP contribution < -0.4 is 0 Å². The highest BCUT2D eigenvalue weighted by atomic mass is 32.1. The summed E-state index contributed by atoms with van der Waals surface area (Å²) in [7, 11) is 0. The van der Waals surface area contributed by atoms with Gasteiger partial charge in [0.15, 0.2) is 0 Å². The van der Waals surface area contributed by atoms with Gasteiger partial charge < -0.3 is 4.90 Å². The molecule has 120 valence electrons. The fourth-order valence-corrected chi connectivity index (χ4v) is 4.52. The van der Waals surface area contributed by atoms with E-state index in [2.05, 4.69) is 23.4 Å². The van der Waals surface area contributed by atoms with Crippen molar-refractivity contribution in [3.05, 3.63) is 28.7 Å². The van der Waals surface area contributed by atoms with E-state index in [-0.39, 0.29) is 0 Å². The maximum Gasteiger partial charge on any atom is 0.222 e. The summed E-state index contributed by atoms with van der Waals surface area (Å²) < 4.78 is 0. The molecule has 0 aromatic carbocycles. The van der Waals surface area contributed by atoms with Crippen LogP contribution in [0.3, 0.4) is 0 Å². The predicted octanol–water partition coefficient (Wildman–Crippen LogP) is 2.84. The molecule has 1 aromatic rings. The van der Waals surface area contributed by atoms with E-state index in [1.165, 1.54) is 23.4 Å². The highest BCUT2D eigenvalue weighted by molar-refractivity contribution is 7.09. The minimum absolute atomic E-state index is 0.299. The van der Waals surface area contributed by atoms with Crippen molar-refractivity contribution >= 4 is 17.2 Å². The van der Waals surface area contributed by atoms with E-state index in [4.69, 9.17) is 0 Å². The SMILES string of the molecule is C=CCN1CC2(CCC1=O)CCN(Cc1scnc1C)CC2. The minimum Gasteiger partial charge on any atom is -0.338 e. The van der Waals surface area contributed by atoms with Crippen LogP contribution in [0, 0.1) is 12.3 Å². The summed E-state index contributed by atoms with van der Waals surface area (Å²) in [5.41, 5.74) is 3.46. The van der Waals surface area contributed by atoms with Gasteiger partial charge in [0.1, 0.15) is 0 Å². The number of aromatic nitrogens is 1. The fourth-order valence-electron chi connectivity index (χ4n) is 3.70. The monoisotopic (exact) mass is 319 g/mol. The van der Waals surface area contributed by atoms with Crippen LogP contribution in [-0.4, -0.2) is 46.9 Å². The van der Waals surface area contributed by atoms with Gasteiger partial charge in [0, 0.05) is 30.9 Å². The molecule has 3 rings (SSSR count). The summed E-state index contributed by atoms with van der Waals surface area (Å²) in [4.78, 5) is 22.3. The zero-order valence-corrected chi connectivity index (χ0v) is 14.2. The first kappa shape index (κ1) is 15.7. The number of thiazole rings is 1. The van der Waals surface area contributed by atoms with Gasteiger partial charge in [-0.25, -0.2) is 4.98 Å². The summed E-state index contributed by atoms with van der Waals surface area (Å²) in [6.45, 7) is 10.8. The van der Waals surface area contributed by atoms with Crippen molar-refractivity contribution in [2.24, 2.45) is 5.41 Å². The van der Waals surface area contributed by atoms with Crippen molar-refractivity contribution in [1.29, 1.82) is 0 Å². The number of likely N-dealkylation sites (tertiary alicyclic amines) is 2. The van der Waals surface area contributed by atoms with Crippen molar-refractivity contribution in [3.63, 3.8) is 0 Å². The van der Waals surface area contributed by atoms with Gasteiger partial charge in [0.05, 0.1) is 11.2 Å². The van der Waals surface area contributed by atoms with Crippen molar-refractivity contribution in [3.8, 4) is 0 Å². The number of hydrogen-bond acceptors (Lipinski definition) is 4. The van der Waals surface area contributed by atoms with E-state index in [1.54, 1.807) is 11.3 Å². The summed E-state index contributed by atoms with van der Waals surface area (Å²) in [5.74, 6) is 0.299. The second kappa shape index (κ2) is 6.50. The maximum absolute atomic E-state index is 12.0. The zero-order valence-electron chi connectivity index (χ0n) is 13.4. The number of rotatable bonds is 4. The third kappa shape index (κ3) is 3.25. The maximum atomic E-state index is 12.0. The number of hydrogen-bond donors (Lipinski definition) is 0. The van der Waals surface area contributed by atoms with Crippen LogP contribution in [0.5, 0.6) is 0 Å². The Bertz CT molecular complexity index is 546. The van der Waals surface area contributed by atoms with Crippen LogP contribution in [0.25, 0.3) is 0 Å². The largest absolute Gasteiger partial charge is 0.338 e. The van der Waals surface area contributed by atoms with Crippen LogP contribution in [0.4, 0.5) is 0 Å². The molecule has 1 amide bonds. The van der Waals surface area contributed by atoms with E-state index < -0.39 is 0 Å². The van der Waals surface area contributed by atoms with Crippen LogP contribution in [-0.2, 0) is 11.3 Å². The van der Waals surface area contributed by atoms with Gasteiger partial charge in [-0.3, -0.25) is 9.69 Å². The molecule has 0 N–H and O–H groups in total. The molecule has 0 radical (unpaired) electrons. The third-order valence-corrected chi connectivity index (χ3v) is 6.15. The second-order valence-electron chi connectivity index (χ2n) is 6.70. The Morgan fingerprint density at radius 2 is 2.18 bits per heavy atom. The Hall–Kier alpha value is -1.20. The van der Waals surface area contributed by atoms with E-state index in [9.17, 15) is 4.79 Å². The van der Waals surface area contributed by atoms with Gasteiger partial charge in [0.25, 0.3) is 0 Å². The van der Waals surface area contributed by atoms with Crippen LogP contribution in [0.15, 0.2) is 18.2 Å². The molecule has 5 heteroatoms. The molecule has 4 nitrogen and oxygen atoms in total. The van der Waals surface area contributed by atoms with Gasteiger partial charge >= 0.3 is 0 Å². The Morgan fingerprint density at radius 3 is 2.82 bits per heavy atom. The van der Waals surface area contributed by atoms with Gasteiger partial charge in [-0.15, -0.1) is 17.9 Å². The molecular weight excluding hydrogens is 294 g/mol. The normalized spacial score (nSPS) is 22.2. The van der Waals surface area contributed by atoms with E-state index in [0.717, 1.165) is 32.6 Å². The van der Waals surface area contributed by atoms with Gasteiger partial charge in [-0.05, 0) is 44.7 Å². The lowest BCUT2D eigenvalue weighted by molar-refractivity contribution is -0.138. The molecule has 3 heterocycles. The molecule has 0 unspecified atom stereocenters. The van der Waals surface area contributed by atoms with Gasteiger partial charge in [-0.1, -0.05) is 6.08 Å². The molecule has 0 atom stereocenters. The number of amides is 1. The lowest BCUT2D eigenvalue weighted by Gasteiger charge is -2.47. The zero-order chi connectivity index (χ0) is 15.6. The lowest BCUT2D eigenvalue weighted by Crippen LogP contribution is -2.51. The fraction of sp³-hybridized carbons (Fsp3) is 0.647. The summed E-state index contributed by atoms with van der Waals surface area (Å²) in [5, 5.41) is 0. The molecule has 2 aliphatic rings. The highest BCUT2D eigenvalue weighted by Gasteiger charge is 2.40. The van der Waals surface area contributed by atoms with Gasteiger partial charge in [0.2, 0.25) is 5.91 Å². The first-order chi connectivity index (χ1) is 10.6. The summed E-state index contributed by atoms with van der Waals surface area (Å²) in [6.07, 6.45) is 6.02. The molecule has 22 heavy (non-hydrogen) atoms. The van der Waals surface area contributed by atoms with Crippen LogP contribution >= 0.6 is 11.3 Å². The van der Waals surface area contributed by atoms with Gasteiger partial charge in [-0.2, -0.15) is 0 Å². The smallest absolute Gasteiger partial charge is 0.222 e. The molecule has 0 aliphatic carbocycles. The van der Waals surface area contributed by atoms with Crippen molar-refractivity contribution in [2.75, 3.05) is 26.2 Å². The molecule has 2 aliphatic heterocycles. The topological polar surface area (TPSA) is 36.4 Å². The van der Waals surface area contributed by atoms with Crippen molar-refractivity contribution in [2.45, 2.75) is 39.2 Å². The minimum atomic E-state index is 0.299. The second-order valence-corrected chi connectivity index (χ2v) is 7.64.